The zero-order valence-corrected chi connectivity index (χ0v) is 10.5. The zero-order chi connectivity index (χ0) is 11.8. The Morgan fingerprint density at radius 3 is 2.44 bits per heavy atom. The van der Waals surface area contributed by atoms with Gasteiger partial charge in [0.25, 0.3) is 0 Å². The molecule has 0 aromatic heterocycles. The third-order valence-corrected chi connectivity index (χ3v) is 2.60. The van der Waals surface area contributed by atoms with Crippen molar-refractivity contribution in [3.05, 3.63) is 30.2 Å². The van der Waals surface area contributed by atoms with Crippen molar-refractivity contribution in [1.82, 2.24) is 0 Å². The van der Waals surface area contributed by atoms with Crippen LogP contribution in [0.2, 0.25) is 0 Å². The van der Waals surface area contributed by atoms with E-state index >= 15 is 0 Å². The van der Waals surface area contributed by atoms with Crippen LogP contribution in [0, 0.1) is 6.42 Å². The summed E-state index contributed by atoms with van der Waals surface area (Å²) in [5.41, 5.74) is 1.20. The number of hydrogen-bond donors (Lipinski definition) is 0. The Balaban J connectivity index is 2.54. The molecule has 0 unspecified atom stereocenters. The Morgan fingerprint density at radius 2 is 1.81 bits per heavy atom. The van der Waals surface area contributed by atoms with Crippen LogP contribution in [0.1, 0.15) is 38.2 Å². The molecule has 0 saturated heterocycles. The van der Waals surface area contributed by atoms with Gasteiger partial charge in [0.1, 0.15) is 0 Å². The molecule has 0 saturated carbocycles. The molecule has 89 valence electrons. The van der Waals surface area contributed by atoms with Gasteiger partial charge in [-0.3, -0.25) is 0 Å². The van der Waals surface area contributed by atoms with Crippen LogP contribution in [0.25, 0.3) is 0 Å². The molecule has 0 aliphatic carbocycles. The number of benzene rings is 1. The predicted molar refractivity (Wildman–Crippen MR) is 67.1 cm³/mol. The van der Waals surface area contributed by atoms with E-state index in [0.717, 1.165) is 17.9 Å². The second-order valence-electron chi connectivity index (χ2n) is 3.81. The fourth-order valence-electron chi connectivity index (χ4n) is 1.64. The Bertz CT molecular complexity index is 308. The Kier molecular flexibility index (Phi) is 5.76. The molecular formula is C14H21O2. The summed E-state index contributed by atoms with van der Waals surface area (Å²) in [5.74, 6) is 1.58. The standard InChI is InChI=1S/C14H21O2/c1-4-5-6-7-8-12-9-10-13(15-2)14(11-12)16-3/h8-11H,4-7H2,1-3H3. The molecule has 1 aromatic carbocycles. The van der Waals surface area contributed by atoms with Gasteiger partial charge in [-0.15, -0.1) is 0 Å². The van der Waals surface area contributed by atoms with Crippen LogP contribution in [0.4, 0.5) is 0 Å². The lowest BCUT2D eigenvalue weighted by molar-refractivity contribution is 0.354. The molecular weight excluding hydrogens is 200 g/mol. The molecule has 0 spiro atoms. The predicted octanol–water partition coefficient (Wildman–Crippen LogP) is 3.84. The van der Waals surface area contributed by atoms with Crippen LogP contribution in [0.5, 0.6) is 11.5 Å². The maximum absolute atomic E-state index is 5.26. The Hall–Kier alpha value is -1.18. The molecule has 2 nitrogen and oxygen atoms in total. The first kappa shape index (κ1) is 12.9. The quantitative estimate of drug-likeness (QED) is 0.651. The highest BCUT2D eigenvalue weighted by atomic mass is 16.5. The van der Waals surface area contributed by atoms with Crippen molar-refractivity contribution in [2.24, 2.45) is 0 Å². The second-order valence-corrected chi connectivity index (χ2v) is 3.81. The number of ether oxygens (including phenoxy) is 2. The smallest absolute Gasteiger partial charge is 0.160 e. The van der Waals surface area contributed by atoms with Gasteiger partial charge in [0.2, 0.25) is 0 Å². The lowest BCUT2D eigenvalue weighted by Gasteiger charge is -2.09. The molecule has 0 aliphatic heterocycles. The van der Waals surface area contributed by atoms with Crippen molar-refractivity contribution in [1.29, 1.82) is 0 Å². The molecule has 2 heteroatoms. The van der Waals surface area contributed by atoms with Crippen LogP contribution in [-0.2, 0) is 0 Å². The first-order valence-corrected chi connectivity index (χ1v) is 5.87. The minimum atomic E-state index is 0.785. The fraction of sp³-hybridized carbons (Fsp3) is 0.500. The first-order valence-electron chi connectivity index (χ1n) is 5.87. The van der Waals surface area contributed by atoms with Crippen molar-refractivity contribution in [2.45, 2.75) is 32.6 Å². The van der Waals surface area contributed by atoms with Crippen molar-refractivity contribution < 1.29 is 9.47 Å². The summed E-state index contributed by atoms with van der Waals surface area (Å²) in [7, 11) is 3.32. The lowest BCUT2D eigenvalue weighted by Crippen LogP contribution is -1.92. The average molecular weight is 221 g/mol. The normalized spacial score (nSPS) is 10.2. The molecule has 1 aromatic rings. The maximum Gasteiger partial charge on any atom is 0.160 e. The molecule has 1 radical (unpaired) electrons. The van der Waals surface area contributed by atoms with Gasteiger partial charge in [-0.1, -0.05) is 32.3 Å². The van der Waals surface area contributed by atoms with E-state index in [2.05, 4.69) is 19.4 Å². The van der Waals surface area contributed by atoms with Gasteiger partial charge in [0, 0.05) is 0 Å². The highest BCUT2D eigenvalue weighted by molar-refractivity contribution is 5.44. The lowest BCUT2D eigenvalue weighted by atomic mass is 10.1. The topological polar surface area (TPSA) is 18.5 Å². The minimum Gasteiger partial charge on any atom is -0.493 e. The Morgan fingerprint density at radius 1 is 1.06 bits per heavy atom. The molecule has 0 N–H and O–H groups in total. The van der Waals surface area contributed by atoms with Crippen molar-refractivity contribution >= 4 is 0 Å². The molecule has 0 aliphatic rings. The van der Waals surface area contributed by atoms with E-state index in [1.807, 2.05) is 12.1 Å². The van der Waals surface area contributed by atoms with Crippen molar-refractivity contribution in [3.63, 3.8) is 0 Å². The van der Waals surface area contributed by atoms with Crippen LogP contribution in [0.15, 0.2) is 18.2 Å². The SMILES string of the molecule is CCCCC[CH]c1ccc(OC)c(OC)c1. The third kappa shape index (κ3) is 3.76. The largest absolute Gasteiger partial charge is 0.493 e. The van der Waals surface area contributed by atoms with Crippen LogP contribution in [0.3, 0.4) is 0 Å². The van der Waals surface area contributed by atoms with Gasteiger partial charge < -0.3 is 9.47 Å². The van der Waals surface area contributed by atoms with Gasteiger partial charge in [0.15, 0.2) is 11.5 Å². The summed E-state index contributed by atoms with van der Waals surface area (Å²) in [5, 5.41) is 0. The van der Waals surface area contributed by atoms with Gasteiger partial charge in [0.05, 0.1) is 14.2 Å². The van der Waals surface area contributed by atoms with Gasteiger partial charge in [-0.25, -0.2) is 0 Å². The number of methoxy groups -OCH3 is 2. The van der Waals surface area contributed by atoms with Crippen LogP contribution in [-0.4, -0.2) is 14.2 Å². The summed E-state index contributed by atoms with van der Waals surface area (Å²) in [4.78, 5) is 0. The second kappa shape index (κ2) is 7.15. The molecule has 16 heavy (non-hydrogen) atoms. The van der Waals surface area contributed by atoms with E-state index in [9.17, 15) is 0 Å². The molecule has 0 fully saturated rings. The van der Waals surface area contributed by atoms with Gasteiger partial charge >= 0.3 is 0 Å². The van der Waals surface area contributed by atoms with Crippen LogP contribution < -0.4 is 9.47 Å². The minimum absolute atomic E-state index is 0.785. The number of hydrogen-bond acceptors (Lipinski definition) is 2. The molecule has 0 bridgehead atoms. The van der Waals surface area contributed by atoms with E-state index in [-0.39, 0.29) is 0 Å². The summed E-state index contributed by atoms with van der Waals surface area (Å²) < 4.78 is 10.5. The first-order chi connectivity index (χ1) is 7.81. The van der Waals surface area contributed by atoms with E-state index in [4.69, 9.17) is 9.47 Å². The highest BCUT2D eigenvalue weighted by Crippen LogP contribution is 2.28. The zero-order valence-electron chi connectivity index (χ0n) is 10.5. The van der Waals surface area contributed by atoms with Gasteiger partial charge in [-0.05, 0) is 30.5 Å². The number of rotatable bonds is 7. The molecule has 0 amide bonds. The van der Waals surface area contributed by atoms with Crippen LogP contribution >= 0.6 is 0 Å². The van der Waals surface area contributed by atoms with Crippen molar-refractivity contribution in [2.75, 3.05) is 14.2 Å². The highest BCUT2D eigenvalue weighted by Gasteiger charge is 2.04. The van der Waals surface area contributed by atoms with E-state index in [1.54, 1.807) is 14.2 Å². The summed E-state index contributed by atoms with van der Waals surface area (Å²) in [6.07, 6.45) is 7.19. The molecule has 0 heterocycles. The third-order valence-electron chi connectivity index (χ3n) is 2.60. The molecule has 1 rings (SSSR count). The summed E-state index contributed by atoms with van der Waals surface area (Å²) >= 11 is 0. The Labute approximate surface area is 98.6 Å². The summed E-state index contributed by atoms with van der Waals surface area (Å²) in [6, 6.07) is 6.03. The maximum atomic E-state index is 5.26. The van der Waals surface area contributed by atoms with E-state index < -0.39 is 0 Å². The van der Waals surface area contributed by atoms with Crippen molar-refractivity contribution in [3.8, 4) is 11.5 Å². The van der Waals surface area contributed by atoms with E-state index in [0.29, 0.717) is 0 Å². The number of unbranched alkanes of at least 4 members (excludes halogenated alkanes) is 3. The summed E-state index contributed by atoms with van der Waals surface area (Å²) in [6.45, 7) is 2.22. The van der Waals surface area contributed by atoms with Gasteiger partial charge in [-0.2, -0.15) is 0 Å². The van der Waals surface area contributed by atoms with E-state index in [1.165, 1.54) is 24.8 Å². The average Bonchev–Trinajstić information content (AvgIpc) is 2.34. The fourth-order valence-corrected chi connectivity index (χ4v) is 1.64. The molecule has 0 atom stereocenters. The monoisotopic (exact) mass is 221 g/mol.